The Balaban J connectivity index is 1.32. The minimum atomic E-state index is -0.0391. The highest BCUT2D eigenvalue weighted by molar-refractivity contribution is 7.03. The SMILES string of the molecule is Cn1c(=O)n(CC(C)(C)C)c2ccc(-c3ccc(N4CCN(C(=O)c5cnsc5)CC4)cc3)nc21. The number of fused-ring (bicyclic) bond motifs is 1. The number of benzene rings is 1. The third kappa shape index (κ3) is 4.60. The Morgan fingerprint density at radius 3 is 2.37 bits per heavy atom. The van der Waals surface area contributed by atoms with E-state index in [1.165, 1.54) is 11.5 Å². The number of nitrogens with zero attached hydrogens (tertiary/aromatic N) is 6. The normalized spacial score (nSPS) is 14.6. The molecule has 0 spiro atoms. The lowest BCUT2D eigenvalue weighted by Gasteiger charge is -2.36. The maximum Gasteiger partial charge on any atom is 0.330 e. The van der Waals surface area contributed by atoms with E-state index < -0.39 is 0 Å². The molecule has 35 heavy (non-hydrogen) atoms. The van der Waals surface area contributed by atoms with Gasteiger partial charge in [0, 0.05) is 56.4 Å². The van der Waals surface area contributed by atoms with E-state index in [9.17, 15) is 9.59 Å². The predicted octanol–water partition coefficient (Wildman–Crippen LogP) is 3.87. The molecule has 5 rings (SSSR count). The van der Waals surface area contributed by atoms with E-state index >= 15 is 0 Å². The van der Waals surface area contributed by atoms with Gasteiger partial charge in [-0.25, -0.2) is 14.2 Å². The molecule has 0 saturated carbocycles. The lowest BCUT2D eigenvalue weighted by atomic mass is 9.97. The van der Waals surface area contributed by atoms with Gasteiger partial charge >= 0.3 is 5.69 Å². The first-order valence-corrected chi connectivity index (χ1v) is 12.7. The van der Waals surface area contributed by atoms with E-state index in [1.54, 1.807) is 23.2 Å². The Morgan fingerprint density at radius 1 is 1.03 bits per heavy atom. The number of hydrogen-bond donors (Lipinski definition) is 0. The molecule has 0 bridgehead atoms. The quantitative estimate of drug-likeness (QED) is 0.434. The fourth-order valence-electron chi connectivity index (χ4n) is 4.56. The molecule has 1 amide bonds. The van der Waals surface area contributed by atoms with Crippen LogP contribution in [0.4, 0.5) is 5.69 Å². The number of pyridine rings is 1. The van der Waals surface area contributed by atoms with Gasteiger partial charge in [0.15, 0.2) is 5.65 Å². The molecule has 0 aliphatic carbocycles. The van der Waals surface area contributed by atoms with Crippen LogP contribution in [0.1, 0.15) is 31.1 Å². The van der Waals surface area contributed by atoms with Crippen LogP contribution in [0, 0.1) is 5.41 Å². The van der Waals surface area contributed by atoms with Crippen LogP contribution in [0.3, 0.4) is 0 Å². The third-order valence-electron chi connectivity index (χ3n) is 6.39. The summed E-state index contributed by atoms with van der Waals surface area (Å²) in [6.07, 6.45) is 1.64. The summed E-state index contributed by atoms with van der Waals surface area (Å²) in [5.74, 6) is 0.0564. The lowest BCUT2D eigenvalue weighted by molar-refractivity contribution is 0.0747. The van der Waals surface area contributed by atoms with Crippen LogP contribution in [0.15, 0.2) is 52.8 Å². The number of hydrogen-bond acceptors (Lipinski definition) is 6. The molecule has 1 aliphatic rings. The van der Waals surface area contributed by atoms with Crippen molar-refractivity contribution in [1.82, 2.24) is 23.4 Å². The van der Waals surface area contributed by atoms with Gasteiger partial charge in [0.2, 0.25) is 0 Å². The molecule has 0 atom stereocenters. The third-order valence-corrected chi connectivity index (χ3v) is 6.97. The molecule has 0 unspecified atom stereocenters. The fourth-order valence-corrected chi connectivity index (χ4v) is 5.08. The number of anilines is 1. The number of carbonyl (C=O) groups is 1. The molecule has 1 saturated heterocycles. The van der Waals surface area contributed by atoms with Gasteiger partial charge in [0.25, 0.3) is 5.91 Å². The van der Waals surface area contributed by atoms with Crippen molar-refractivity contribution in [3.8, 4) is 11.3 Å². The number of piperazine rings is 1. The topological polar surface area (TPSA) is 76.3 Å². The van der Waals surface area contributed by atoms with Crippen LogP contribution >= 0.6 is 11.5 Å². The number of rotatable bonds is 4. The summed E-state index contributed by atoms with van der Waals surface area (Å²) >= 11 is 1.30. The van der Waals surface area contributed by atoms with Crippen LogP contribution in [0.25, 0.3) is 22.4 Å². The maximum absolute atomic E-state index is 12.8. The second-order valence-corrected chi connectivity index (χ2v) is 10.9. The zero-order valence-corrected chi connectivity index (χ0v) is 21.4. The zero-order valence-electron chi connectivity index (χ0n) is 20.6. The summed E-state index contributed by atoms with van der Waals surface area (Å²) < 4.78 is 7.48. The lowest BCUT2D eigenvalue weighted by Crippen LogP contribution is -2.48. The molecule has 3 aromatic heterocycles. The van der Waals surface area contributed by atoms with Gasteiger partial charge in [-0.3, -0.25) is 13.9 Å². The van der Waals surface area contributed by atoms with E-state index in [2.05, 4.69) is 54.3 Å². The number of imidazole rings is 1. The van der Waals surface area contributed by atoms with E-state index in [0.717, 1.165) is 35.6 Å². The number of aryl methyl sites for hydroxylation is 1. The average Bonchev–Trinajstić information content (AvgIpc) is 3.47. The van der Waals surface area contributed by atoms with Crippen LogP contribution < -0.4 is 10.6 Å². The number of carbonyl (C=O) groups excluding carboxylic acids is 1. The van der Waals surface area contributed by atoms with Crippen molar-refractivity contribution in [3.63, 3.8) is 0 Å². The Labute approximate surface area is 208 Å². The summed E-state index contributed by atoms with van der Waals surface area (Å²) in [5, 5.41) is 1.80. The minimum absolute atomic E-state index is 0.00745. The Bertz CT molecular complexity index is 1410. The molecule has 0 radical (unpaired) electrons. The molecule has 1 aromatic carbocycles. The molecule has 1 fully saturated rings. The summed E-state index contributed by atoms with van der Waals surface area (Å²) in [6.45, 7) is 9.97. The minimum Gasteiger partial charge on any atom is -0.368 e. The summed E-state index contributed by atoms with van der Waals surface area (Å²) in [4.78, 5) is 34.4. The Morgan fingerprint density at radius 2 is 1.74 bits per heavy atom. The largest absolute Gasteiger partial charge is 0.368 e. The highest BCUT2D eigenvalue weighted by atomic mass is 32.1. The van der Waals surface area contributed by atoms with Crippen molar-refractivity contribution in [2.45, 2.75) is 27.3 Å². The summed E-state index contributed by atoms with van der Waals surface area (Å²) in [5.41, 5.74) is 5.15. The van der Waals surface area contributed by atoms with Gasteiger partial charge in [0.05, 0.1) is 23.0 Å². The smallest absolute Gasteiger partial charge is 0.330 e. The zero-order chi connectivity index (χ0) is 24.7. The van der Waals surface area contributed by atoms with Crippen molar-refractivity contribution >= 4 is 34.3 Å². The van der Waals surface area contributed by atoms with Gasteiger partial charge < -0.3 is 9.80 Å². The molecule has 4 aromatic rings. The Hall–Kier alpha value is -3.46. The van der Waals surface area contributed by atoms with Crippen molar-refractivity contribution in [2.75, 3.05) is 31.1 Å². The highest BCUT2D eigenvalue weighted by Crippen LogP contribution is 2.26. The molecule has 182 valence electrons. The summed E-state index contributed by atoms with van der Waals surface area (Å²) in [6, 6.07) is 12.3. The van der Waals surface area contributed by atoms with E-state index in [0.29, 0.717) is 30.8 Å². The fraction of sp³-hybridized carbons (Fsp3) is 0.385. The monoisotopic (exact) mass is 490 g/mol. The molecular formula is C26H30N6O2S. The molecule has 1 aliphatic heterocycles. The standard InChI is InChI=1S/C26H30N6O2S/c1-26(2,3)17-32-22-10-9-21(28-23(22)29(4)25(32)34)18-5-7-20(8-6-18)30-11-13-31(14-12-30)24(33)19-15-27-35-16-19/h5-10,15-16H,11-14,17H2,1-4H3. The van der Waals surface area contributed by atoms with Crippen LogP contribution in [0.2, 0.25) is 0 Å². The molecule has 8 nitrogen and oxygen atoms in total. The first-order chi connectivity index (χ1) is 16.7. The maximum atomic E-state index is 12.8. The van der Waals surface area contributed by atoms with Gasteiger partial charge in [-0.2, -0.15) is 0 Å². The number of amides is 1. The second kappa shape index (κ2) is 8.96. The highest BCUT2D eigenvalue weighted by Gasteiger charge is 2.23. The van der Waals surface area contributed by atoms with Crippen molar-refractivity contribution < 1.29 is 4.79 Å². The van der Waals surface area contributed by atoms with Gasteiger partial charge in [-0.15, -0.1) is 0 Å². The van der Waals surface area contributed by atoms with Crippen molar-refractivity contribution in [3.05, 3.63) is 64.0 Å². The van der Waals surface area contributed by atoms with Crippen molar-refractivity contribution in [2.24, 2.45) is 12.5 Å². The molecule has 0 N–H and O–H groups in total. The Kier molecular flexibility index (Phi) is 5.96. The van der Waals surface area contributed by atoms with Crippen LogP contribution in [-0.4, -0.2) is 55.5 Å². The van der Waals surface area contributed by atoms with Crippen LogP contribution in [-0.2, 0) is 13.6 Å². The van der Waals surface area contributed by atoms with E-state index in [-0.39, 0.29) is 17.0 Å². The van der Waals surface area contributed by atoms with E-state index in [4.69, 9.17) is 4.98 Å². The van der Waals surface area contributed by atoms with E-state index in [1.807, 2.05) is 21.6 Å². The van der Waals surface area contributed by atoms with Gasteiger partial charge in [-0.05, 0) is 41.2 Å². The van der Waals surface area contributed by atoms with Gasteiger partial charge in [0.1, 0.15) is 0 Å². The van der Waals surface area contributed by atoms with Gasteiger partial charge in [-0.1, -0.05) is 32.9 Å². The average molecular weight is 491 g/mol. The van der Waals surface area contributed by atoms with Crippen LogP contribution in [0.5, 0.6) is 0 Å². The van der Waals surface area contributed by atoms with Crippen molar-refractivity contribution in [1.29, 1.82) is 0 Å². The first-order valence-electron chi connectivity index (χ1n) is 11.8. The molecular weight excluding hydrogens is 460 g/mol. The first kappa shape index (κ1) is 23.3. The second-order valence-electron chi connectivity index (χ2n) is 10.3. The predicted molar refractivity (Wildman–Crippen MR) is 140 cm³/mol. The number of aromatic nitrogens is 4. The molecule has 9 heteroatoms. The molecule has 4 heterocycles. The summed E-state index contributed by atoms with van der Waals surface area (Å²) in [7, 11) is 1.78.